The molecule has 0 heterocycles. The van der Waals surface area contributed by atoms with Crippen LogP contribution in [0, 0.1) is 0 Å². The molecule has 0 spiro atoms. The maximum absolute atomic E-state index is 5.51. The molecule has 13 heavy (non-hydrogen) atoms. The van der Waals surface area contributed by atoms with Gasteiger partial charge in [-0.1, -0.05) is 6.08 Å². The van der Waals surface area contributed by atoms with Gasteiger partial charge in [-0.2, -0.15) is 0 Å². The lowest BCUT2D eigenvalue weighted by molar-refractivity contribution is 0.131. The Hall–Kier alpha value is -0.380. The van der Waals surface area contributed by atoms with Gasteiger partial charge >= 0.3 is 0 Å². The first-order chi connectivity index (χ1) is 6.26. The normalized spacial score (nSPS) is 13.2. The topological polar surface area (TPSA) is 38.5 Å². The van der Waals surface area contributed by atoms with Crippen LogP contribution in [0.5, 0.6) is 0 Å². The maximum Gasteiger partial charge on any atom is 0.0589 e. The van der Waals surface area contributed by atoms with Crippen molar-refractivity contribution in [2.75, 3.05) is 33.4 Å². The Morgan fingerprint density at radius 1 is 1.62 bits per heavy atom. The summed E-state index contributed by atoms with van der Waals surface area (Å²) in [6.45, 7) is 9.28. The van der Waals surface area contributed by atoms with E-state index in [1.165, 1.54) is 0 Å². The molecule has 1 atom stereocenters. The molecule has 1 unspecified atom stereocenters. The van der Waals surface area contributed by atoms with Gasteiger partial charge in [0.1, 0.15) is 0 Å². The molecule has 0 radical (unpaired) electrons. The molecule has 3 nitrogen and oxygen atoms in total. The van der Waals surface area contributed by atoms with Crippen molar-refractivity contribution in [2.45, 2.75) is 19.4 Å². The number of nitrogens with zero attached hydrogens (tertiary/aromatic N) is 1. The molecule has 2 N–H and O–H groups in total. The van der Waals surface area contributed by atoms with Gasteiger partial charge in [-0.05, 0) is 19.9 Å². The Morgan fingerprint density at radius 2 is 2.31 bits per heavy atom. The zero-order valence-electron chi connectivity index (χ0n) is 8.83. The summed E-state index contributed by atoms with van der Waals surface area (Å²) in [5.74, 6) is 0. The highest BCUT2D eigenvalue weighted by molar-refractivity contribution is 4.77. The van der Waals surface area contributed by atoms with Crippen molar-refractivity contribution in [2.24, 2.45) is 5.73 Å². The van der Waals surface area contributed by atoms with Crippen LogP contribution in [0.25, 0.3) is 0 Å². The van der Waals surface area contributed by atoms with Crippen LogP contribution in [-0.2, 0) is 4.74 Å². The Kier molecular flexibility index (Phi) is 7.99. The van der Waals surface area contributed by atoms with Gasteiger partial charge in [-0.15, -0.1) is 6.58 Å². The highest BCUT2D eigenvalue weighted by Crippen LogP contribution is 2.02. The fourth-order valence-electron chi connectivity index (χ4n) is 1.29. The van der Waals surface area contributed by atoms with Crippen LogP contribution in [0.1, 0.15) is 13.3 Å². The van der Waals surface area contributed by atoms with E-state index >= 15 is 0 Å². The second-order valence-electron chi connectivity index (χ2n) is 3.20. The summed E-state index contributed by atoms with van der Waals surface area (Å²) in [4.78, 5) is 2.32. The van der Waals surface area contributed by atoms with Crippen molar-refractivity contribution in [3.63, 3.8) is 0 Å². The Bertz CT molecular complexity index is 128. The van der Waals surface area contributed by atoms with Gasteiger partial charge in [-0.3, -0.25) is 4.90 Å². The second kappa shape index (κ2) is 8.23. The predicted molar refractivity (Wildman–Crippen MR) is 56.8 cm³/mol. The van der Waals surface area contributed by atoms with Gasteiger partial charge in [0.2, 0.25) is 0 Å². The van der Waals surface area contributed by atoms with Crippen molar-refractivity contribution in [1.82, 2.24) is 4.90 Å². The van der Waals surface area contributed by atoms with E-state index in [1.54, 1.807) is 7.11 Å². The first-order valence-corrected chi connectivity index (χ1v) is 4.80. The lowest BCUT2D eigenvalue weighted by Gasteiger charge is -2.27. The molecular weight excluding hydrogens is 164 g/mol. The van der Waals surface area contributed by atoms with Gasteiger partial charge in [0, 0.05) is 26.2 Å². The summed E-state index contributed by atoms with van der Waals surface area (Å²) in [6.07, 6.45) is 2.94. The molecule has 0 aromatic heterocycles. The molecule has 0 bridgehead atoms. The van der Waals surface area contributed by atoms with Crippen LogP contribution in [0.15, 0.2) is 12.7 Å². The number of rotatable bonds is 8. The third-order valence-corrected chi connectivity index (χ3v) is 2.15. The Morgan fingerprint density at radius 3 is 2.77 bits per heavy atom. The van der Waals surface area contributed by atoms with Gasteiger partial charge in [-0.25, -0.2) is 0 Å². The molecule has 0 aromatic carbocycles. The average Bonchev–Trinajstić information content (AvgIpc) is 2.12. The quantitative estimate of drug-likeness (QED) is 0.571. The van der Waals surface area contributed by atoms with E-state index < -0.39 is 0 Å². The number of methoxy groups -OCH3 is 1. The van der Waals surface area contributed by atoms with Gasteiger partial charge in [0.05, 0.1) is 6.61 Å². The van der Waals surface area contributed by atoms with Crippen molar-refractivity contribution in [1.29, 1.82) is 0 Å². The molecular formula is C10H22N2O. The Labute approximate surface area is 81.5 Å². The Balaban J connectivity index is 3.82. The second-order valence-corrected chi connectivity index (χ2v) is 3.20. The fourth-order valence-corrected chi connectivity index (χ4v) is 1.29. The van der Waals surface area contributed by atoms with Gasteiger partial charge < -0.3 is 10.5 Å². The third kappa shape index (κ3) is 5.80. The molecule has 0 saturated heterocycles. The zero-order valence-corrected chi connectivity index (χ0v) is 8.83. The van der Waals surface area contributed by atoms with Crippen molar-refractivity contribution >= 4 is 0 Å². The van der Waals surface area contributed by atoms with E-state index in [0.29, 0.717) is 6.04 Å². The monoisotopic (exact) mass is 186 g/mol. The van der Waals surface area contributed by atoms with Gasteiger partial charge in [0.15, 0.2) is 0 Å². The van der Waals surface area contributed by atoms with Crippen LogP contribution in [0.3, 0.4) is 0 Å². The third-order valence-electron chi connectivity index (χ3n) is 2.15. The highest BCUT2D eigenvalue weighted by Gasteiger charge is 2.10. The van der Waals surface area contributed by atoms with Crippen molar-refractivity contribution < 1.29 is 4.74 Å². The van der Waals surface area contributed by atoms with Crippen LogP contribution >= 0.6 is 0 Å². The molecule has 0 aliphatic carbocycles. The lowest BCUT2D eigenvalue weighted by atomic mass is 10.2. The number of nitrogens with two attached hydrogens (primary N) is 1. The summed E-state index contributed by atoms with van der Waals surface area (Å²) in [6, 6.07) is 0.512. The van der Waals surface area contributed by atoms with E-state index in [4.69, 9.17) is 10.5 Å². The summed E-state index contributed by atoms with van der Waals surface area (Å²) in [5.41, 5.74) is 5.51. The predicted octanol–water partition coefficient (Wildman–Crippen LogP) is 0.858. The minimum atomic E-state index is 0.512. The van der Waals surface area contributed by atoms with Crippen LogP contribution in [0.4, 0.5) is 0 Å². The van der Waals surface area contributed by atoms with E-state index in [0.717, 1.165) is 32.7 Å². The molecule has 0 fully saturated rings. The molecule has 0 aromatic rings. The van der Waals surface area contributed by atoms with E-state index in [-0.39, 0.29) is 0 Å². The number of hydrogen-bond acceptors (Lipinski definition) is 3. The first-order valence-electron chi connectivity index (χ1n) is 4.80. The largest absolute Gasteiger partial charge is 0.383 e. The van der Waals surface area contributed by atoms with E-state index in [1.807, 2.05) is 6.08 Å². The van der Waals surface area contributed by atoms with E-state index in [9.17, 15) is 0 Å². The SMILES string of the molecule is C=CCN(CCOC)C(C)CCN. The molecule has 0 amide bonds. The minimum Gasteiger partial charge on any atom is -0.383 e. The van der Waals surface area contributed by atoms with Crippen molar-refractivity contribution in [3.05, 3.63) is 12.7 Å². The summed E-state index contributed by atoms with van der Waals surface area (Å²) < 4.78 is 5.04. The van der Waals surface area contributed by atoms with E-state index in [2.05, 4.69) is 18.4 Å². The molecule has 0 rings (SSSR count). The molecule has 78 valence electrons. The minimum absolute atomic E-state index is 0.512. The fraction of sp³-hybridized carbons (Fsp3) is 0.800. The molecule has 0 aliphatic rings. The molecule has 0 aliphatic heterocycles. The lowest BCUT2D eigenvalue weighted by Crippen LogP contribution is -2.37. The van der Waals surface area contributed by atoms with Crippen LogP contribution in [0.2, 0.25) is 0 Å². The highest BCUT2D eigenvalue weighted by atomic mass is 16.5. The average molecular weight is 186 g/mol. The van der Waals surface area contributed by atoms with Crippen LogP contribution in [-0.4, -0.2) is 44.3 Å². The summed E-state index contributed by atoms with van der Waals surface area (Å²) in [7, 11) is 1.72. The van der Waals surface area contributed by atoms with Crippen LogP contribution < -0.4 is 5.73 Å². The standard InChI is InChI=1S/C10H22N2O/c1-4-7-12(8-9-13-3)10(2)5-6-11/h4,10H,1,5-9,11H2,2-3H3. The van der Waals surface area contributed by atoms with Crippen molar-refractivity contribution in [3.8, 4) is 0 Å². The maximum atomic E-state index is 5.51. The van der Waals surface area contributed by atoms with Gasteiger partial charge in [0.25, 0.3) is 0 Å². The smallest absolute Gasteiger partial charge is 0.0589 e. The number of hydrogen-bond donors (Lipinski definition) is 1. The molecule has 3 heteroatoms. The summed E-state index contributed by atoms with van der Waals surface area (Å²) >= 11 is 0. The summed E-state index contributed by atoms with van der Waals surface area (Å²) in [5, 5.41) is 0. The first kappa shape index (κ1) is 12.6. The molecule has 0 saturated carbocycles. The zero-order chi connectivity index (χ0) is 10.1. The number of ether oxygens (including phenoxy) is 1.